The van der Waals surface area contributed by atoms with Crippen LogP contribution in [-0.2, 0) is 16.6 Å². The van der Waals surface area contributed by atoms with Crippen LogP contribution < -0.4 is 5.32 Å². The van der Waals surface area contributed by atoms with Gasteiger partial charge in [-0.1, -0.05) is 13.8 Å². The van der Waals surface area contributed by atoms with Gasteiger partial charge in [0.05, 0.1) is 0 Å². The fourth-order valence-corrected chi connectivity index (χ4v) is 5.20. The van der Waals surface area contributed by atoms with Crippen molar-refractivity contribution in [3.05, 3.63) is 15.8 Å². The number of nitrogens with zero attached hydrogens (tertiary/aromatic N) is 1. The molecule has 0 radical (unpaired) electrons. The summed E-state index contributed by atoms with van der Waals surface area (Å²) >= 11 is 3.16. The molecule has 0 atom stereocenters. The Labute approximate surface area is 131 Å². The molecular weight excluding hydrogens is 312 g/mol. The minimum Gasteiger partial charge on any atom is -0.310 e. The van der Waals surface area contributed by atoms with Gasteiger partial charge in [-0.2, -0.15) is 11.8 Å². The molecule has 0 bridgehead atoms. The van der Waals surface area contributed by atoms with Crippen molar-refractivity contribution in [2.24, 2.45) is 0 Å². The summed E-state index contributed by atoms with van der Waals surface area (Å²) in [6, 6.07) is 0.335. The molecule has 0 fully saturated rings. The number of hydrogen-bond acceptors (Lipinski definition) is 5. The molecule has 116 valence electrons. The first kappa shape index (κ1) is 18.0. The Balaban J connectivity index is 3.01. The minimum absolute atomic E-state index is 0.335. The van der Waals surface area contributed by atoms with E-state index in [1.54, 1.807) is 18.8 Å². The molecule has 7 heteroatoms. The lowest BCUT2D eigenvalue weighted by Gasteiger charge is -2.18. The van der Waals surface area contributed by atoms with Crippen LogP contribution in [0.1, 0.15) is 24.3 Å². The summed E-state index contributed by atoms with van der Waals surface area (Å²) in [5.41, 5.74) is 0.839. The maximum absolute atomic E-state index is 12.7. The Kier molecular flexibility index (Phi) is 7.00. The number of aryl methyl sites for hydroxylation is 1. The second kappa shape index (κ2) is 7.79. The number of thiophene rings is 1. The predicted octanol–water partition coefficient (Wildman–Crippen LogP) is 2.54. The van der Waals surface area contributed by atoms with Gasteiger partial charge in [-0.15, -0.1) is 11.3 Å². The van der Waals surface area contributed by atoms with Crippen LogP contribution >= 0.6 is 23.1 Å². The Morgan fingerprint density at radius 1 is 1.45 bits per heavy atom. The van der Waals surface area contributed by atoms with Gasteiger partial charge in [0.15, 0.2) is 0 Å². The van der Waals surface area contributed by atoms with Crippen molar-refractivity contribution in [3.8, 4) is 0 Å². The van der Waals surface area contributed by atoms with Crippen LogP contribution in [0.5, 0.6) is 0 Å². The highest BCUT2D eigenvalue weighted by atomic mass is 32.2. The summed E-state index contributed by atoms with van der Waals surface area (Å²) in [5, 5.41) is 5.22. The van der Waals surface area contributed by atoms with E-state index in [-0.39, 0.29) is 0 Å². The Morgan fingerprint density at radius 2 is 2.10 bits per heavy atom. The molecule has 1 aromatic heterocycles. The van der Waals surface area contributed by atoms with Gasteiger partial charge in [0, 0.05) is 36.8 Å². The van der Waals surface area contributed by atoms with Gasteiger partial charge in [0.1, 0.15) is 4.90 Å². The average Bonchev–Trinajstić information content (AvgIpc) is 2.75. The van der Waals surface area contributed by atoms with E-state index in [9.17, 15) is 8.42 Å². The van der Waals surface area contributed by atoms with Crippen LogP contribution in [0.15, 0.2) is 10.3 Å². The molecule has 0 unspecified atom stereocenters. The van der Waals surface area contributed by atoms with E-state index < -0.39 is 10.0 Å². The summed E-state index contributed by atoms with van der Waals surface area (Å²) in [7, 11) is -1.73. The SMILES string of the molecule is CSCCN(C)S(=O)(=O)c1c(C)csc1CNC(C)C. The summed E-state index contributed by atoms with van der Waals surface area (Å²) in [6.45, 7) is 7.11. The zero-order chi connectivity index (χ0) is 15.3. The van der Waals surface area contributed by atoms with E-state index in [0.29, 0.717) is 24.0 Å². The van der Waals surface area contributed by atoms with Gasteiger partial charge >= 0.3 is 0 Å². The smallest absolute Gasteiger partial charge is 0.244 e. The lowest BCUT2D eigenvalue weighted by Crippen LogP contribution is -2.30. The summed E-state index contributed by atoms with van der Waals surface area (Å²) in [5.74, 6) is 0.804. The molecule has 0 saturated heterocycles. The van der Waals surface area contributed by atoms with Gasteiger partial charge in [-0.25, -0.2) is 12.7 Å². The van der Waals surface area contributed by atoms with Crippen molar-refractivity contribution >= 4 is 33.1 Å². The highest BCUT2D eigenvalue weighted by molar-refractivity contribution is 7.98. The fourth-order valence-electron chi connectivity index (χ4n) is 1.75. The standard InChI is InChI=1S/C13H24N2O2S3/c1-10(2)14-8-12-13(11(3)9-19-12)20(16,17)15(4)6-7-18-5/h9-10,14H,6-8H2,1-5H3. The molecule has 0 aliphatic heterocycles. The van der Waals surface area contributed by atoms with Crippen LogP contribution in [-0.4, -0.2) is 44.4 Å². The minimum atomic E-state index is -3.39. The molecule has 0 aromatic carbocycles. The Hall–Kier alpha value is -0.0800. The third-order valence-corrected chi connectivity index (χ3v) is 6.85. The second-order valence-corrected chi connectivity index (χ2v) is 8.96. The van der Waals surface area contributed by atoms with Gasteiger partial charge in [-0.3, -0.25) is 0 Å². The van der Waals surface area contributed by atoms with E-state index in [1.807, 2.05) is 18.6 Å². The van der Waals surface area contributed by atoms with E-state index in [2.05, 4.69) is 19.2 Å². The van der Waals surface area contributed by atoms with Crippen molar-refractivity contribution in [2.45, 2.75) is 38.3 Å². The van der Waals surface area contributed by atoms with Crippen molar-refractivity contribution in [1.82, 2.24) is 9.62 Å². The van der Waals surface area contributed by atoms with Crippen LogP contribution in [0.4, 0.5) is 0 Å². The van der Waals surface area contributed by atoms with E-state index in [4.69, 9.17) is 0 Å². The zero-order valence-electron chi connectivity index (χ0n) is 12.8. The molecule has 0 saturated carbocycles. The van der Waals surface area contributed by atoms with E-state index in [1.165, 1.54) is 15.6 Å². The Bertz CT molecular complexity index is 524. The van der Waals surface area contributed by atoms with Crippen LogP contribution in [0.3, 0.4) is 0 Å². The van der Waals surface area contributed by atoms with E-state index in [0.717, 1.165) is 16.2 Å². The molecule has 1 rings (SSSR count). The maximum atomic E-state index is 12.7. The highest BCUT2D eigenvalue weighted by Crippen LogP contribution is 2.29. The van der Waals surface area contributed by atoms with Gasteiger partial charge in [0.25, 0.3) is 0 Å². The number of sulfonamides is 1. The molecule has 1 aromatic rings. The van der Waals surface area contributed by atoms with Gasteiger partial charge < -0.3 is 5.32 Å². The lowest BCUT2D eigenvalue weighted by molar-refractivity contribution is 0.486. The molecular formula is C13H24N2O2S3. The fraction of sp³-hybridized carbons (Fsp3) is 0.692. The largest absolute Gasteiger partial charge is 0.310 e. The normalized spacial score (nSPS) is 12.6. The highest BCUT2D eigenvalue weighted by Gasteiger charge is 2.27. The summed E-state index contributed by atoms with van der Waals surface area (Å²) < 4.78 is 26.8. The number of nitrogens with one attached hydrogen (secondary N) is 1. The first-order valence-corrected chi connectivity index (χ1v) is 10.3. The number of hydrogen-bond donors (Lipinski definition) is 1. The van der Waals surface area contributed by atoms with Crippen molar-refractivity contribution in [1.29, 1.82) is 0 Å². The first-order valence-electron chi connectivity index (χ1n) is 6.56. The maximum Gasteiger partial charge on any atom is 0.244 e. The van der Waals surface area contributed by atoms with Gasteiger partial charge in [-0.05, 0) is 24.1 Å². The molecule has 20 heavy (non-hydrogen) atoms. The first-order chi connectivity index (χ1) is 9.30. The van der Waals surface area contributed by atoms with Crippen LogP contribution in [0, 0.1) is 6.92 Å². The third kappa shape index (κ3) is 4.46. The van der Waals surface area contributed by atoms with Gasteiger partial charge in [0.2, 0.25) is 10.0 Å². The topological polar surface area (TPSA) is 49.4 Å². The molecule has 4 nitrogen and oxygen atoms in total. The van der Waals surface area contributed by atoms with Crippen LogP contribution in [0.25, 0.3) is 0 Å². The molecule has 0 aliphatic carbocycles. The zero-order valence-corrected chi connectivity index (χ0v) is 15.2. The second-order valence-electron chi connectivity index (χ2n) is 5.03. The molecule has 0 amide bonds. The molecule has 0 aliphatic rings. The summed E-state index contributed by atoms with van der Waals surface area (Å²) in [4.78, 5) is 1.38. The summed E-state index contributed by atoms with van der Waals surface area (Å²) in [6.07, 6.45) is 1.98. The molecule has 0 spiro atoms. The third-order valence-electron chi connectivity index (χ3n) is 2.94. The lowest BCUT2D eigenvalue weighted by atomic mass is 10.3. The monoisotopic (exact) mass is 336 g/mol. The van der Waals surface area contributed by atoms with E-state index >= 15 is 0 Å². The number of rotatable bonds is 8. The quantitative estimate of drug-likeness (QED) is 0.792. The number of thioether (sulfide) groups is 1. The van der Waals surface area contributed by atoms with Crippen molar-refractivity contribution in [2.75, 3.05) is 25.6 Å². The Morgan fingerprint density at radius 3 is 2.65 bits per heavy atom. The average molecular weight is 337 g/mol. The van der Waals surface area contributed by atoms with Crippen molar-refractivity contribution in [3.63, 3.8) is 0 Å². The van der Waals surface area contributed by atoms with Crippen molar-refractivity contribution < 1.29 is 8.42 Å². The molecule has 1 heterocycles. The molecule has 1 N–H and O–H groups in total. The van der Waals surface area contributed by atoms with Crippen LogP contribution in [0.2, 0.25) is 0 Å². The predicted molar refractivity (Wildman–Crippen MR) is 89.2 cm³/mol.